The fraction of sp³-hybridized carbons (Fsp3) is 0.467. The molecule has 2 saturated heterocycles. The second-order valence-corrected chi connectivity index (χ2v) is 6.05. The summed E-state index contributed by atoms with van der Waals surface area (Å²) in [6.07, 6.45) is 1.30. The molecule has 20 heavy (non-hydrogen) atoms. The highest BCUT2D eigenvalue weighted by molar-refractivity contribution is 6.32. The monoisotopic (exact) mass is 292 g/mol. The van der Waals surface area contributed by atoms with Crippen molar-refractivity contribution in [2.45, 2.75) is 31.2 Å². The molecule has 2 heterocycles. The SMILES string of the molecule is Cc1ccc(C2C(=O)NC3(CCNCC3)C2=O)c(Cl)c1. The number of piperidine rings is 1. The number of Topliss-reactive ketones (excluding diaryl/α,β-unsaturated/α-hetero) is 1. The van der Waals surface area contributed by atoms with Gasteiger partial charge in [0.2, 0.25) is 5.91 Å². The Bertz CT molecular complexity index is 579. The van der Waals surface area contributed by atoms with E-state index < -0.39 is 11.5 Å². The van der Waals surface area contributed by atoms with Crippen molar-refractivity contribution in [1.82, 2.24) is 10.6 Å². The van der Waals surface area contributed by atoms with E-state index in [1.165, 1.54) is 0 Å². The number of aryl methyl sites for hydroxylation is 1. The summed E-state index contributed by atoms with van der Waals surface area (Å²) in [5, 5.41) is 6.63. The lowest BCUT2D eigenvalue weighted by molar-refractivity contribution is -0.125. The molecule has 2 fully saturated rings. The van der Waals surface area contributed by atoms with Crippen LogP contribution in [0.4, 0.5) is 0 Å². The summed E-state index contributed by atoms with van der Waals surface area (Å²) in [6.45, 7) is 3.43. The van der Waals surface area contributed by atoms with Gasteiger partial charge in [-0.15, -0.1) is 0 Å². The first-order valence-electron chi connectivity index (χ1n) is 6.87. The quantitative estimate of drug-likeness (QED) is 0.772. The first-order chi connectivity index (χ1) is 9.53. The Labute approximate surface area is 122 Å². The van der Waals surface area contributed by atoms with Crippen LogP contribution >= 0.6 is 11.6 Å². The van der Waals surface area contributed by atoms with Gasteiger partial charge in [-0.2, -0.15) is 0 Å². The molecule has 2 N–H and O–H groups in total. The number of hydrogen-bond acceptors (Lipinski definition) is 3. The molecule has 1 aromatic rings. The van der Waals surface area contributed by atoms with Crippen LogP contribution in [-0.2, 0) is 9.59 Å². The zero-order valence-electron chi connectivity index (χ0n) is 11.3. The number of ketones is 1. The molecule has 3 rings (SSSR count). The number of amides is 1. The van der Waals surface area contributed by atoms with Crippen molar-refractivity contribution in [3.05, 3.63) is 34.3 Å². The van der Waals surface area contributed by atoms with Gasteiger partial charge in [0.15, 0.2) is 5.78 Å². The van der Waals surface area contributed by atoms with Crippen LogP contribution in [0.3, 0.4) is 0 Å². The average molecular weight is 293 g/mol. The van der Waals surface area contributed by atoms with Crippen molar-refractivity contribution in [3.8, 4) is 0 Å². The van der Waals surface area contributed by atoms with E-state index in [-0.39, 0.29) is 11.7 Å². The van der Waals surface area contributed by atoms with Gasteiger partial charge in [0, 0.05) is 5.02 Å². The highest BCUT2D eigenvalue weighted by Gasteiger charge is 2.53. The summed E-state index contributed by atoms with van der Waals surface area (Å²) in [5.74, 6) is -1.02. The molecule has 5 heteroatoms. The van der Waals surface area contributed by atoms with Gasteiger partial charge in [-0.1, -0.05) is 23.7 Å². The number of rotatable bonds is 1. The fourth-order valence-electron chi connectivity index (χ4n) is 3.14. The van der Waals surface area contributed by atoms with Gasteiger partial charge in [0.25, 0.3) is 0 Å². The molecule has 0 aliphatic carbocycles. The standard InChI is InChI=1S/C15H17ClN2O2/c1-9-2-3-10(11(16)8-9)12-13(19)15(18-14(12)20)4-6-17-7-5-15/h2-3,8,12,17H,4-7H2,1H3,(H,18,20). The van der Waals surface area contributed by atoms with Gasteiger partial charge < -0.3 is 10.6 Å². The summed E-state index contributed by atoms with van der Waals surface area (Å²) >= 11 is 6.22. The summed E-state index contributed by atoms with van der Waals surface area (Å²) < 4.78 is 0. The molecule has 0 bridgehead atoms. The molecule has 1 aromatic carbocycles. The van der Waals surface area contributed by atoms with Crippen LogP contribution in [-0.4, -0.2) is 30.3 Å². The van der Waals surface area contributed by atoms with Crippen molar-refractivity contribution in [2.24, 2.45) is 0 Å². The lowest BCUT2D eigenvalue weighted by Crippen LogP contribution is -2.53. The minimum Gasteiger partial charge on any atom is -0.343 e. The van der Waals surface area contributed by atoms with E-state index in [0.717, 1.165) is 18.7 Å². The molecule has 1 spiro atoms. The van der Waals surface area contributed by atoms with Crippen LogP contribution in [0.1, 0.15) is 29.9 Å². The molecule has 2 aliphatic rings. The number of nitrogens with one attached hydrogen (secondary N) is 2. The predicted octanol–water partition coefficient (Wildman–Crippen LogP) is 1.55. The predicted molar refractivity (Wildman–Crippen MR) is 76.9 cm³/mol. The minimum absolute atomic E-state index is 0.0326. The lowest BCUT2D eigenvalue weighted by atomic mass is 9.81. The smallest absolute Gasteiger partial charge is 0.236 e. The van der Waals surface area contributed by atoms with Crippen LogP contribution in [0.5, 0.6) is 0 Å². The van der Waals surface area contributed by atoms with Crippen LogP contribution in [0, 0.1) is 6.92 Å². The van der Waals surface area contributed by atoms with E-state index in [4.69, 9.17) is 11.6 Å². The zero-order chi connectivity index (χ0) is 14.3. The molecule has 1 unspecified atom stereocenters. The summed E-state index contributed by atoms with van der Waals surface area (Å²) in [6, 6.07) is 5.47. The molecular weight excluding hydrogens is 276 g/mol. The minimum atomic E-state index is -0.763. The van der Waals surface area contributed by atoms with Crippen molar-refractivity contribution in [2.75, 3.05) is 13.1 Å². The molecule has 0 radical (unpaired) electrons. The van der Waals surface area contributed by atoms with Crippen LogP contribution in [0.15, 0.2) is 18.2 Å². The second kappa shape index (κ2) is 4.86. The van der Waals surface area contributed by atoms with Crippen molar-refractivity contribution < 1.29 is 9.59 Å². The van der Waals surface area contributed by atoms with Crippen molar-refractivity contribution in [1.29, 1.82) is 0 Å². The number of carbonyl (C=O) groups is 2. The third-order valence-electron chi connectivity index (χ3n) is 4.28. The highest BCUT2D eigenvalue weighted by atomic mass is 35.5. The molecule has 1 atom stereocenters. The Morgan fingerprint density at radius 3 is 2.60 bits per heavy atom. The maximum Gasteiger partial charge on any atom is 0.236 e. The van der Waals surface area contributed by atoms with Gasteiger partial charge in [0.1, 0.15) is 11.5 Å². The van der Waals surface area contributed by atoms with E-state index in [1.54, 1.807) is 12.1 Å². The van der Waals surface area contributed by atoms with Gasteiger partial charge in [-0.25, -0.2) is 0 Å². The number of halogens is 1. The fourth-order valence-corrected chi connectivity index (χ4v) is 3.48. The second-order valence-electron chi connectivity index (χ2n) is 5.64. The molecule has 0 saturated carbocycles. The Morgan fingerprint density at radius 2 is 1.95 bits per heavy atom. The van der Waals surface area contributed by atoms with Crippen LogP contribution in [0.2, 0.25) is 5.02 Å². The first-order valence-corrected chi connectivity index (χ1v) is 7.24. The van der Waals surface area contributed by atoms with Crippen molar-refractivity contribution >= 4 is 23.3 Å². The topological polar surface area (TPSA) is 58.2 Å². The van der Waals surface area contributed by atoms with E-state index in [1.807, 2.05) is 13.0 Å². The Morgan fingerprint density at radius 1 is 1.25 bits per heavy atom. The summed E-state index contributed by atoms with van der Waals surface area (Å²) in [7, 11) is 0. The van der Waals surface area contributed by atoms with Crippen LogP contribution < -0.4 is 10.6 Å². The van der Waals surface area contributed by atoms with Crippen molar-refractivity contribution in [3.63, 3.8) is 0 Å². The number of benzene rings is 1. The number of carbonyl (C=O) groups excluding carboxylic acids is 2. The molecule has 1 amide bonds. The van der Waals surface area contributed by atoms with Gasteiger partial charge in [-0.3, -0.25) is 9.59 Å². The third-order valence-corrected chi connectivity index (χ3v) is 4.61. The molecule has 4 nitrogen and oxygen atoms in total. The molecule has 0 aromatic heterocycles. The van der Waals surface area contributed by atoms with E-state index >= 15 is 0 Å². The normalized spacial score (nSPS) is 25.0. The first kappa shape index (κ1) is 13.6. The van der Waals surface area contributed by atoms with Crippen LogP contribution in [0.25, 0.3) is 0 Å². The zero-order valence-corrected chi connectivity index (χ0v) is 12.1. The van der Waals surface area contributed by atoms with Gasteiger partial charge in [-0.05, 0) is 50.0 Å². The average Bonchev–Trinajstić information content (AvgIpc) is 2.63. The maximum atomic E-state index is 12.8. The molecular formula is C15H17ClN2O2. The van der Waals surface area contributed by atoms with E-state index in [9.17, 15) is 9.59 Å². The number of hydrogen-bond donors (Lipinski definition) is 2. The van der Waals surface area contributed by atoms with E-state index in [0.29, 0.717) is 23.4 Å². The summed E-state index contributed by atoms with van der Waals surface area (Å²) in [4.78, 5) is 25.0. The third kappa shape index (κ3) is 2.03. The van der Waals surface area contributed by atoms with Gasteiger partial charge >= 0.3 is 0 Å². The largest absolute Gasteiger partial charge is 0.343 e. The highest BCUT2D eigenvalue weighted by Crippen LogP contribution is 2.37. The Kier molecular flexibility index (Phi) is 3.30. The lowest BCUT2D eigenvalue weighted by Gasteiger charge is -2.32. The summed E-state index contributed by atoms with van der Waals surface area (Å²) in [5.41, 5.74) is 0.942. The Balaban J connectivity index is 1.98. The maximum absolute atomic E-state index is 12.8. The van der Waals surface area contributed by atoms with E-state index in [2.05, 4.69) is 10.6 Å². The molecule has 106 valence electrons. The molecule has 2 aliphatic heterocycles. The Hall–Kier alpha value is -1.39. The van der Waals surface area contributed by atoms with Gasteiger partial charge in [0.05, 0.1) is 0 Å².